The van der Waals surface area contributed by atoms with Gasteiger partial charge in [0.05, 0.1) is 31.9 Å². The molecule has 11 nitrogen and oxygen atoms in total. The van der Waals surface area contributed by atoms with Crippen LogP contribution in [0.2, 0.25) is 0 Å². The van der Waals surface area contributed by atoms with Gasteiger partial charge in [-0.2, -0.15) is 0 Å². The number of carbonyl (C=O) groups excluding carboxylic acids is 1. The van der Waals surface area contributed by atoms with E-state index in [-0.39, 0.29) is 34.1 Å². The lowest BCUT2D eigenvalue weighted by atomic mass is 10.3. The van der Waals surface area contributed by atoms with Gasteiger partial charge in [0.25, 0.3) is 17.2 Å². The Labute approximate surface area is 143 Å². The summed E-state index contributed by atoms with van der Waals surface area (Å²) in [6.07, 6.45) is 0. The Morgan fingerprint density at radius 1 is 0.808 bits per heavy atom. The molecule has 0 saturated carbocycles. The van der Waals surface area contributed by atoms with Crippen LogP contribution in [0.1, 0.15) is 16.4 Å². The lowest BCUT2D eigenvalue weighted by molar-refractivity contribution is -0.384. The van der Waals surface area contributed by atoms with Gasteiger partial charge in [0.1, 0.15) is 0 Å². The van der Waals surface area contributed by atoms with E-state index in [1.807, 2.05) is 0 Å². The molecule has 2 heterocycles. The molecule has 0 radical (unpaired) electrons. The highest BCUT2D eigenvalue weighted by Gasteiger charge is 2.20. The van der Waals surface area contributed by atoms with Gasteiger partial charge in [-0.15, -0.1) is 0 Å². The monoisotopic (exact) mass is 352 g/mol. The topological polar surface area (TPSA) is 161 Å². The van der Waals surface area contributed by atoms with Gasteiger partial charge in [-0.1, -0.05) is 0 Å². The number of nitro groups is 2. The molecule has 0 fully saturated rings. The summed E-state index contributed by atoms with van der Waals surface area (Å²) in [6.45, 7) is 0. The average Bonchev–Trinajstić information content (AvgIpc) is 3.23. The summed E-state index contributed by atoms with van der Waals surface area (Å²) >= 11 is 0. The lowest BCUT2D eigenvalue weighted by Gasteiger charge is -1.90. The lowest BCUT2D eigenvalue weighted by Crippen LogP contribution is -2.05. The zero-order valence-corrected chi connectivity index (χ0v) is 12.8. The van der Waals surface area contributed by atoms with Crippen LogP contribution in [0.5, 0.6) is 0 Å². The number of hydrogen-bond donors (Lipinski definition) is 2. The minimum atomic E-state index is -0.567. The standard InChI is InChI=1S/C15H8N6O5/c22-13(14-16-9-3-1-7(20(23)24)5-11(9)18-14)15-17-10-4-2-8(21(25)26)6-12(10)19-15/h1-6H,(H,16,18)(H,17,19). The number of non-ortho nitro benzene ring substituents is 2. The number of nitrogens with one attached hydrogen (secondary N) is 2. The van der Waals surface area contributed by atoms with Crippen LogP contribution < -0.4 is 0 Å². The molecule has 26 heavy (non-hydrogen) atoms. The fraction of sp³-hybridized carbons (Fsp3) is 0. The summed E-state index contributed by atoms with van der Waals surface area (Å²) < 4.78 is 0. The van der Waals surface area contributed by atoms with E-state index in [4.69, 9.17) is 0 Å². The summed E-state index contributed by atoms with van der Waals surface area (Å²) in [5.41, 5.74) is 1.19. The van der Waals surface area contributed by atoms with Crippen molar-refractivity contribution < 1.29 is 14.6 Å². The SMILES string of the molecule is O=C(c1nc2cc([N+](=O)[O-])ccc2[nH]1)c1nc2cc([N+](=O)[O-])ccc2[nH]1. The van der Waals surface area contributed by atoms with Crippen molar-refractivity contribution in [2.45, 2.75) is 0 Å². The zero-order chi connectivity index (χ0) is 18.4. The molecule has 0 unspecified atom stereocenters. The van der Waals surface area contributed by atoms with Crippen molar-refractivity contribution in [3.8, 4) is 0 Å². The number of ketones is 1. The van der Waals surface area contributed by atoms with Gasteiger partial charge in [0, 0.05) is 24.3 Å². The second-order valence-corrected chi connectivity index (χ2v) is 5.42. The van der Waals surface area contributed by atoms with Crippen molar-refractivity contribution in [3.63, 3.8) is 0 Å². The van der Waals surface area contributed by atoms with Crippen LogP contribution in [0, 0.1) is 20.2 Å². The fourth-order valence-electron chi connectivity index (χ4n) is 2.54. The Balaban J connectivity index is 1.75. The first-order chi connectivity index (χ1) is 12.4. The zero-order valence-electron chi connectivity index (χ0n) is 12.8. The van der Waals surface area contributed by atoms with E-state index in [1.54, 1.807) is 0 Å². The van der Waals surface area contributed by atoms with Crippen LogP contribution in [0.4, 0.5) is 11.4 Å². The molecule has 128 valence electrons. The maximum atomic E-state index is 12.6. The maximum Gasteiger partial charge on any atom is 0.271 e. The molecule has 0 atom stereocenters. The Morgan fingerprint density at radius 3 is 1.62 bits per heavy atom. The van der Waals surface area contributed by atoms with Gasteiger partial charge in [-0.05, 0) is 12.1 Å². The molecule has 2 N–H and O–H groups in total. The molecule has 4 aromatic rings. The number of nitro benzene ring substituents is 2. The van der Waals surface area contributed by atoms with Gasteiger partial charge in [0.15, 0.2) is 11.6 Å². The predicted octanol–water partition coefficient (Wildman–Crippen LogP) is 2.49. The maximum absolute atomic E-state index is 12.6. The van der Waals surface area contributed by atoms with E-state index in [0.29, 0.717) is 11.0 Å². The first-order valence-electron chi connectivity index (χ1n) is 7.25. The first-order valence-corrected chi connectivity index (χ1v) is 7.25. The Hall–Kier alpha value is -4.15. The number of H-pyrrole nitrogens is 2. The van der Waals surface area contributed by atoms with Crippen molar-refractivity contribution in [3.05, 3.63) is 68.3 Å². The van der Waals surface area contributed by atoms with E-state index in [1.165, 1.54) is 36.4 Å². The molecule has 0 bridgehead atoms. The van der Waals surface area contributed by atoms with Crippen molar-refractivity contribution in [2.24, 2.45) is 0 Å². The summed E-state index contributed by atoms with van der Waals surface area (Å²) in [6, 6.07) is 8.03. The molecular formula is C15H8N6O5. The van der Waals surface area contributed by atoms with Gasteiger partial charge >= 0.3 is 0 Å². The molecule has 4 rings (SSSR count). The smallest absolute Gasteiger partial charge is 0.271 e. The summed E-state index contributed by atoms with van der Waals surface area (Å²) in [7, 11) is 0. The van der Waals surface area contributed by atoms with Crippen LogP contribution >= 0.6 is 0 Å². The van der Waals surface area contributed by atoms with Gasteiger partial charge < -0.3 is 9.97 Å². The molecule has 0 aliphatic heterocycles. The molecule has 2 aromatic heterocycles. The number of rotatable bonds is 4. The van der Waals surface area contributed by atoms with Gasteiger partial charge in [-0.25, -0.2) is 9.97 Å². The average molecular weight is 352 g/mol. The minimum Gasteiger partial charge on any atom is -0.335 e. The molecule has 0 aliphatic carbocycles. The third-order valence-electron chi connectivity index (χ3n) is 3.79. The fourth-order valence-corrected chi connectivity index (χ4v) is 2.54. The number of aromatic nitrogens is 4. The molecule has 0 spiro atoms. The summed E-state index contributed by atoms with van der Waals surface area (Å²) in [5.74, 6) is -0.661. The normalized spacial score (nSPS) is 11.1. The highest BCUT2D eigenvalue weighted by atomic mass is 16.6. The molecule has 0 amide bonds. The van der Waals surface area contributed by atoms with Crippen LogP contribution in [0.25, 0.3) is 22.1 Å². The summed E-state index contributed by atoms with van der Waals surface area (Å²) in [4.78, 5) is 46.8. The van der Waals surface area contributed by atoms with E-state index >= 15 is 0 Å². The molecule has 2 aromatic carbocycles. The second kappa shape index (κ2) is 5.44. The van der Waals surface area contributed by atoms with Crippen LogP contribution in [-0.4, -0.2) is 35.6 Å². The Bertz CT molecular complexity index is 1130. The largest absolute Gasteiger partial charge is 0.335 e. The van der Waals surface area contributed by atoms with Gasteiger partial charge in [0.2, 0.25) is 0 Å². The first kappa shape index (κ1) is 15.4. The van der Waals surface area contributed by atoms with Crippen molar-refractivity contribution in [1.82, 2.24) is 19.9 Å². The number of imidazole rings is 2. The Kier molecular flexibility index (Phi) is 3.22. The molecular weight excluding hydrogens is 344 g/mol. The highest BCUT2D eigenvalue weighted by molar-refractivity contribution is 6.07. The van der Waals surface area contributed by atoms with E-state index in [2.05, 4.69) is 19.9 Å². The molecule has 0 aliphatic rings. The molecule has 11 heteroatoms. The van der Waals surface area contributed by atoms with Crippen LogP contribution in [-0.2, 0) is 0 Å². The van der Waals surface area contributed by atoms with E-state index < -0.39 is 15.6 Å². The van der Waals surface area contributed by atoms with Crippen molar-refractivity contribution >= 4 is 39.2 Å². The number of benzene rings is 2. The van der Waals surface area contributed by atoms with Crippen LogP contribution in [0.3, 0.4) is 0 Å². The van der Waals surface area contributed by atoms with Crippen molar-refractivity contribution in [1.29, 1.82) is 0 Å². The van der Waals surface area contributed by atoms with Crippen LogP contribution in [0.15, 0.2) is 36.4 Å². The number of carbonyl (C=O) groups is 1. The number of nitrogens with zero attached hydrogens (tertiary/aromatic N) is 4. The predicted molar refractivity (Wildman–Crippen MR) is 88.9 cm³/mol. The van der Waals surface area contributed by atoms with E-state index in [0.717, 1.165) is 0 Å². The van der Waals surface area contributed by atoms with Gasteiger partial charge in [-0.3, -0.25) is 25.0 Å². The molecule has 0 saturated heterocycles. The Morgan fingerprint density at radius 2 is 1.23 bits per heavy atom. The third kappa shape index (κ3) is 2.43. The number of aromatic amines is 2. The quantitative estimate of drug-likeness (QED) is 0.324. The third-order valence-corrected chi connectivity index (χ3v) is 3.79. The van der Waals surface area contributed by atoms with Crippen molar-refractivity contribution in [2.75, 3.05) is 0 Å². The highest BCUT2D eigenvalue weighted by Crippen LogP contribution is 2.22. The van der Waals surface area contributed by atoms with E-state index in [9.17, 15) is 25.0 Å². The number of fused-ring (bicyclic) bond motifs is 2. The summed E-state index contributed by atoms with van der Waals surface area (Å²) in [5, 5.41) is 21.6. The second-order valence-electron chi connectivity index (χ2n) is 5.42. The number of hydrogen-bond acceptors (Lipinski definition) is 7. The minimum absolute atomic E-state index is 0.0472.